The standard InChI is InChI=1S/C18H17N3O5S/c1-12-7-9-13(10-8-12)27(25,26)20(2)19-17-14-5-3-4-6-15(14)21(18(17)24)11-16(22)23/h3-10H,11H2,1-2H3,(H,22,23)/p-1/b19-17+. The first-order valence-electron chi connectivity index (χ1n) is 7.97. The molecule has 0 saturated heterocycles. The predicted octanol–water partition coefficient (Wildman–Crippen LogP) is 0.116. The fourth-order valence-corrected chi connectivity index (χ4v) is 3.68. The van der Waals surface area contributed by atoms with Crippen molar-refractivity contribution in [1.82, 2.24) is 4.41 Å². The number of sulfonamides is 1. The topological polar surface area (TPSA) is 110 Å². The van der Waals surface area contributed by atoms with Crippen LogP contribution in [0.4, 0.5) is 5.69 Å². The Balaban J connectivity index is 2.02. The van der Waals surface area contributed by atoms with Crippen molar-refractivity contribution in [2.45, 2.75) is 11.8 Å². The van der Waals surface area contributed by atoms with E-state index in [9.17, 15) is 23.1 Å². The highest BCUT2D eigenvalue weighted by Gasteiger charge is 2.35. The van der Waals surface area contributed by atoms with E-state index in [4.69, 9.17) is 0 Å². The summed E-state index contributed by atoms with van der Waals surface area (Å²) in [6.07, 6.45) is 0. The lowest BCUT2D eigenvalue weighted by Gasteiger charge is -2.17. The normalized spacial score (nSPS) is 15.1. The number of para-hydroxylation sites is 1. The van der Waals surface area contributed by atoms with E-state index >= 15 is 0 Å². The minimum absolute atomic E-state index is 0.0327. The molecule has 8 nitrogen and oxygen atoms in total. The molecule has 9 heteroatoms. The third-order valence-electron chi connectivity index (χ3n) is 4.09. The zero-order valence-corrected chi connectivity index (χ0v) is 15.4. The van der Waals surface area contributed by atoms with Crippen LogP contribution in [0.3, 0.4) is 0 Å². The van der Waals surface area contributed by atoms with Crippen molar-refractivity contribution in [2.24, 2.45) is 5.10 Å². The number of nitrogens with zero attached hydrogens (tertiary/aromatic N) is 3. The smallest absolute Gasteiger partial charge is 0.279 e. The van der Waals surface area contributed by atoms with Crippen LogP contribution in [-0.2, 0) is 19.6 Å². The van der Waals surface area contributed by atoms with Crippen molar-refractivity contribution >= 4 is 33.3 Å². The van der Waals surface area contributed by atoms with E-state index in [0.717, 1.165) is 10.5 Å². The van der Waals surface area contributed by atoms with Gasteiger partial charge in [0.15, 0.2) is 5.71 Å². The fourth-order valence-electron chi connectivity index (χ4n) is 2.70. The third-order valence-corrected chi connectivity index (χ3v) is 5.74. The summed E-state index contributed by atoms with van der Waals surface area (Å²) in [7, 11) is -2.74. The Kier molecular flexibility index (Phi) is 4.71. The molecule has 0 fully saturated rings. The van der Waals surface area contributed by atoms with Crippen molar-refractivity contribution in [3.05, 3.63) is 59.7 Å². The molecule has 0 saturated carbocycles. The number of carboxylic acid groups (broad SMARTS) is 1. The average molecular weight is 386 g/mol. The number of hydrogen-bond acceptors (Lipinski definition) is 6. The number of hydrogen-bond donors (Lipinski definition) is 0. The molecule has 0 spiro atoms. The molecule has 0 unspecified atom stereocenters. The molecule has 0 aromatic heterocycles. The van der Waals surface area contributed by atoms with Gasteiger partial charge in [-0.05, 0) is 25.1 Å². The molecule has 1 aliphatic heterocycles. The monoisotopic (exact) mass is 386 g/mol. The SMILES string of the molecule is Cc1ccc(S(=O)(=O)N(C)/N=C2/C(=O)N(CC(=O)[O-])c3ccccc32)cc1. The van der Waals surface area contributed by atoms with Gasteiger partial charge in [-0.1, -0.05) is 35.9 Å². The number of amides is 1. The maximum absolute atomic E-state index is 12.7. The Bertz CT molecular complexity index is 1040. The molecule has 0 N–H and O–H groups in total. The molecule has 1 aliphatic rings. The Hall–Kier alpha value is -3.20. The van der Waals surface area contributed by atoms with Gasteiger partial charge in [0.2, 0.25) is 0 Å². The summed E-state index contributed by atoms with van der Waals surface area (Å²) in [5, 5.41) is 14.9. The Labute approximate surface area is 156 Å². The lowest BCUT2D eigenvalue weighted by atomic mass is 10.1. The maximum atomic E-state index is 12.7. The van der Waals surface area contributed by atoms with Crippen LogP contribution in [-0.4, -0.2) is 44.0 Å². The summed E-state index contributed by atoms with van der Waals surface area (Å²) in [5.74, 6) is -2.13. The van der Waals surface area contributed by atoms with Crippen molar-refractivity contribution in [3.63, 3.8) is 0 Å². The first-order valence-corrected chi connectivity index (χ1v) is 9.41. The number of hydrazone groups is 1. The van der Waals surface area contributed by atoms with E-state index in [1.165, 1.54) is 19.2 Å². The molecule has 1 heterocycles. The number of carbonyl (C=O) groups is 2. The quantitative estimate of drug-likeness (QED) is 0.678. The van der Waals surface area contributed by atoms with Gasteiger partial charge in [0.05, 0.1) is 23.1 Å². The fraction of sp³-hybridized carbons (Fsp3) is 0.167. The average Bonchev–Trinajstić information content (AvgIpc) is 2.87. The highest BCUT2D eigenvalue weighted by molar-refractivity contribution is 7.89. The number of aryl methyl sites for hydroxylation is 1. The zero-order chi connectivity index (χ0) is 19.8. The number of carboxylic acids is 1. The molecule has 1 amide bonds. The van der Waals surface area contributed by atoms with Gasteiger partial charge in [0.1, 0.15) is 0 Å². The largest absolute Gasteiger partial charge is 0.548 e. The molecule has 0 atom stereocenters. The zero-order valence-electron chi connectivity index (χ0n) is 14.6. The van der Waals surface area contributed by atoms with Crippen LogP contribution in [0.2, 0.25) is 0 Å². The Morgan fingerprint density at radius 3 is 2.41 bits per heavy atom. The molecule has 0 radical (unpaired) electrons. The molecule has 0 bridgehead atoms. The van der Waals surface area contributed by atoms with Gasteiger partial charge in [-0.25, -0.2) is 0 Å². The summed E-state index contributed by atoms with van der Waals surface area (Å²) in [4.78, 5) is 24.6. The van der Waals surface area contributed by atoms with Gasteiger partial charge in [0, 0.05) is 12.6 Å². The molecule has 2 aromatic carbocycles. The van der Waals surface area contributed by atoms with E-state index in [1.807, 2.05) is 6.92 Å². The van der Waals surface area contributed by atoms with E-state index in [2.05, 4.69) is 5.10 Å². The first-order chi connectivity index (χ1) is 12.7. The number of aliphatic carboxylic acids is 1. The first kappa shape index (κ1) is 18.6. The third kappa shape index (κ3) is 3.41. The summed E-state index contributed by atoms with van der Waals surface area (Å²) in [6, 6.07) is 12.7. The van der Waals surface area contributed by atoms with Crippen molar-refractivity contribution in [1.29, 1.82) is 0 Å². The minimum Gasteiger partial charge on any atom is -0.548 e. The summed E-state index contributed by atoms with van der Waals surface area (Å²) >= 11 is 0. The molecule has 27 heavy (non-hydrogen) atoms. The van der Waals surface area contributed by atoms with Gasteiger partial charge in [-0.15, -0.1) is 0 Å². The number of benzene rings is 2. The van der Waals surface area contributed by atoms with Gasteiger partial charge in [-0.3, -0.25) is 4.79 Å². The lowest BCUT2D eigenvalue weighted by Crippen LogP contribution is -2.41. The molecular weight excluding hydrogens is 370 g/mol. The maximum Gasteiger partial charge on any atom is 0.279 e. The van der Waals surface area contributed by atoms with Gasteiger partial charge in [-0.2, -0.15) is 17.9 Å². The molecule has 2 aromatic rings. The van der Waals surface area contributed by atoms with Gasteiger partial charge < -0.3 is 14.8 Å². The van der Waals surface area contributed by atoms with E-state index in [-0.39, 0.29) is 10.6 Å². The molecule has 0 aliphatic carbocycles. The second kappa shape index (κ2) is 6.84. The number of fused-ring (bicyclic) bond motifs is 1. The summed E-state index contributed by atoms with van der Waals surface area (Å²) in [6.45, 7) is 1.18. The summed E-state index contributed by atoms with van der Waals surface area (Å²) in [5.41, 5.74) is 1.45. The number of carbonyl (C=O) groups excluding carboxylic acids is 2. The van der Waals surface area contributed by atoms with Crippen LogP contribution in [0.5, 0.6) is 0 Å². The van der Waals surface area contributed by atoms with Crippen LogP contribution in [0.15, 0.2) is 58.5 Å². The molecular formula is C18H16N3O5S-. The molecule has 140 valence electrons. The van der Waals surface area contributed by atoms with E-state index in [0.29, 0.717) is 15.7 Å². The second-order valence-corrected chi connectivity index (χ2v) is 7.93. The summed E-state index contributed by atoms with van der Waals surface area (Å²) < 4.78 is 26.1. The van der Waals surface area contributed by atoms with Crippen molar-refractivity contribution in [2.75, 3.05) is 18.5 Å². The van der Waals surface area contributed by atoms with Gasteiger partial charge >= 0.3 is 0 Å². The van der Waals surface area contributed by atoms with Crippen LogP contribution < -0.4 is 10.0 Å². The van der Waals surface area contributed by atoms with Crippen LogP contribution in [0.25, 0.3) is 0 Å². The highest BCUT2D eigenvalue weighted by Crippen LogP contribution is 2.29. The predicted molar refractivity (Wildman–Crippen MR) is 96.5 cm³/mol. The number of anilines is 1. The number of rotatable bonds is 5. The molecule has 3 rings (SSSR count). The van der Waals surface area contributed by atoms with Crippen LogP contribution >= 0.6 is 0 Å². The Morgan fingerprint density at radius 2 is 1.78 bits per heavy atom. The van der Waals surface area contributed by atoms with Crippen LogP contribution in [0, 0.1) is 6.92 Å². The van der Waals surface area contributed by atoms with E-state index in [1.54, 1.807) is 36.4 Å². The van der Waals surface area contributed by atoms with Crippen LogP contribution in [0.1, 0.15) is 11.1 Å². The van der Waals surface area contributed by atoms with Gasteiger partial charge in [0.25, 0.3) is 15.9 Å². The lowest BCUT2D eigenvalue weighted by molar-refractivity contribution is -0.303. The Morgan fingerprint density at radius 1 is 1.15 bits per heavy atom. The minimum atomic E-state index is -3.96. The van der Waals surface area contributed by atoms with Crippen molar-refractivity contribution in [3.8, 4) is 0 Å². The second-order valence-electron chi connectivity index (χ2n) is 5.98. The van der Waals surface area contributed by atoms with E-state index < -0.39 is 28.4 Å². The highest BCUT2D eigenvalue weighted by atomic mass is 32.2. The van der Waals surface area contributed by atoms with Crippen molar-refractivity contribution < 1.29 is 23.1 Å².